The van der Waals surface area contributed by atoms with Crippen LogP contribution in [0.1, 0.15) is 48.0 Å². The van der Waals surface area contributed by atoms with Crippen molar-refractivity contribution >= 4 is 18.2 Å². The van der Waals surface area contributed by atoms with E-state index < -0.39 is 35.4 Å². The number of carbonyl (C=O) groups excluding carboxylic acids is 3. The minimum atomic E-state index is -1.06. The summed E-state index contributed by atoms with van der Waals surface area (Å²) in [4.78, 5) is 37.8. The first-order valence-electron chi connectivity index (χ1n) is 8.53. The number of esters is 1. The molecule has 8 nitrogen and oxygen atoms in total. The van der Waals surface area contributed by atoms with Crippen LogP contribution in [0.4, 0.5) is 9.59 Å². The molecule has 0 aromatic rings. The number of nitrogens with zero attached hydrogens (tertiary/aromatic N) is 2. The maximum Gasteiger partial charge on any atom is 0.430 e. The van der Waals surface area contributed by atoms with Crippen LogP contribution in [0.15, 0.2) is 12.7 Å². The SMILES string of the molecule is C=CC1CCN(C(=O)OC(C)(C)C)N(C(=O)OC(C)(C)C)C1C(=O)OC. The Bertz CT molecular complexity index is 561. The van der Waals surface area contributed by atoms with E-state index in [4.69, 9.17) is 14.2 Å². The number of methoxy groups -OCH3 is 1. The zero-order valence-corrected chi connectivity index (χ0v) is 16.7. The molecule has 0 saturated carbocycles. The van der Waals surface area contributed by atoms with Gasteiger partial charge in [0.05, 0.1) is 7.11 Å². The zero-order chi connectivity index (χ0) is 20.3. The summed E-state index contributed by atoms with van der Waals surface area (Å²) in [6, 6.07) is -1.06. The molecule has 1 heterocycles. The van der Waals surface area contributed by atoms with Crippen LogP contribution in [0.25, 0.3) is 0 Å². The van der Waals surface area contributed by atoms with E-state index >= 15 is 0 Å². The Kier molecular flexibility index (Phi) is 6.68. The molecule has 0 spiro atoms. The summed E-state index contributed by atoms with van der Waals surface area (Å²) in [5.74, 6) is -1.04. The Morgan fingerprint density at radius 3 is 1.92 bits per heavy atom. The van der Waals surface area contributed by atoms with Gasteiger partial charge in [0.25, 0.3) is 0 Å². The van der Waals surface area contributed by atoms with Crippen molar-refractivity contribution in [3.05, 3.63) is 12.7 Å². The smallest absolute Gasteiger partial charge is 0.430 e. The summed E-state index contributed by atoms with van der Waals surface area (Å²) in [5.41, 5.74) is -1.56. The summed E-state index contributed by atoms with van der Waals surface area (Å²) >= 11 is 0. The lowest BCUT2D eigenvalue weighted by Crippen LogP contribution is -2.64. The molecule has 0 aromatic heterocycles. The molecule has 2 atom stereocenters. The van der Waals surface area contributed by atoms with E-state index in [-0.39, 0.29) is 12.5 Å². The van der Waals surface area contributed by atoms with Gasteiger partial charge in [-0.3, -0.25) is 0 Å². The fourth-order valence-electron chi connectivity index (χ4n) is 2.53. The molecule has 0 N–H and O–H groups in total. The third-order valence-corrected chi connectivity index (χ3v) is 3.53. The summed E-state index contributed by atoms with van der Waals surface area (Å²) < 4.78 is 15.6. The number of hydrogen-bond acceptors (Lipinski definition) is 6. The summed E-state index contributed by atoms with van der Waals surface area (Å²) in [5, 5.41) is 2.09. The summed E-state index contributed by atoms with van der Waals surface area (Å²) in [7, 11) is 1.22. The van der Waals surface area contributed by atoms with Gasteiger partial charge in [0.15, 0.2) is 6.04 Å². The van der Waals surface area contributed by atoms with Crippen LogP contribution in [-0.4, -0.2) is 59.1 Å². The highest BCUT2D eigenvalue weighted by molar-refractivity contribution is 5.84. The lowest BCUT2D eigenvalue weighted by atomic mass is 9.93. The van der Waals surface area contributed by atoms with E-state index in [0.29, 0.717) is 6.42 Å². The quantitative estimate of drug-likeness (QED) is 0.422. The lowest BCUT2D eigenvalue weighted by molar-refractivity contribution is -0.162. The Morgan fingerprint density at radius 2 is 1.50 bits per heavy atom. The normalized spacial score (nSPS) is 21.0. The molecule has 0 radical (unpaired) electrons. The Morgan fingerprint density at radius 1 is 1.00 bits per heavy atom. The van der Waals surface area contributed by atoms with Crippen LogP contribution in [0.5, 0.6) is 0 Å². The van der Waals surface area contributed by atoms with Crippen LogP contribution in [0, 0.1) is 5.92 Å². The molecule has 148 valence electrons. The molecule has 1 aliphatic heterocycles. The topological polar surface area (TPSA) is 85.4 Å². The maximum absolute atomic E-state index is 12.8. The van der Waals surface area contributed by atoms with Gasteiger partial charge in [-0.1, -0.05) is 6.08 Å². The predicted octanol–water partition coefficient (Wildman–Crippen LogP) is 3.12. The van der Waals surface area contributed by atoms with Gasteiger partial charge in [-0.2, -0.15) is 5.01 Å². The minimum absolute atomic E-state index is 0.179. The van der Waals surface area contributed by atoms with Crippen molar-refractivity contribution in [2.45, 2.75) is 65.2 Å². The van der Waals surface area contributed by atoms with Gasteiger partial charge in [-0.05, 0) is 48.0 Å². The molecule has 1 saturated heterocycles. The fraction of sp³-hybridized carbons (Fsp3) is 0.722. The average molecular weight is 370 g/mol. The van der Waals surface area contributed by atoms with E-state index in [2.05, 4.69) is 6.58 Å². The monoisotopic (exact) mass is 370 g/mol. The van der Waals surface area contributed by atoms with Crippen molar-refractivity contribution in [2.75, 3.05) is 13.7 Å². The van der Waals surface area contributed by atoms with Gasteiger partial charge in [-0.25, -0.2) is 19.4 Å². The standard InChI is InChI=1S/C18H30N2O6/c1-9-12-10-11-19(15(22)25-17(2,3)4)20(13(12)14(21)24-8)16(23)26-18(5,6)7/h9,12-13H,1,10-11H2,2-8H3. The van der Waals surface area contributed by atoms with Gasteiger partial charge in [0, 0.05) is 12.5 Å². The number of carbonyl (C=O) groups is 3. The van der Waals surface area contributed by atoms with Crippen LogP contribution in [0.3, 0.4) is 0 Å². The molecule has 1 aliphatic rings. The predicted molar refractivity (Wildman–Crippen MR) is 95.1 cm³/mol. The summed E-state index contributed by atoms with van der Waals surface area (Å²) in [6.45, 7) is 14.2. The second kappa shape index (κ2) is 7.97. The number of hydrogen-bond donors (Lipinski definition) is 0. The Labute approximate surface area is 155 Å². The largest absolute Gasteiger partial charge is 0.467 e. The van der Waals surface area contributed by atoms with Crippen LogP contribution >= 0.6 is 0 Å². The van der Waals surface area contributed by atoms with Crippen molar-refractivity contribution in [3.8, 4) is 0 Å². The van der Waals surface area contributed by atoms with Crippen molar-refractivity contribution in [2.24, 2.45) is 5.92 Å². The molecule has 8 heteroatoms. The molecule has 0 aliphatic carbocycles. The molecular weight excluding hydrogens is 340 g/mol. The third kappa shape index (κ3) is 5.64. The van der Waals surface area contributed by atoms with Gasteiger partial charge < -0.3 is 14.2 Å². The molecule has 0 aromatic carbocycles. The Balaban J connectivity index is 3.29. The summed E-state index contributed by atoms with van der Waals surface area (Å²) in [6.07, 6.45) is 0.442. The van der Waals surface area contributed by atoms with Gasteiger partial charge >= 0.3 is 18.2 Å². The van der Waals surface area contributed by atoms with Crippen LogP contribution in [0.2, 0.25) is 0 Å². The first-order chi connectivity index (χ1) is 11.8. The zero-order valence-electron chi connectivity index (χ0n) is 16.7. The van der Waals surface area contributed by atoms with Gasteiger partial charge in [0.1, 0.15) is 11.2 Å². The number of amides is 2. The van der Waals surface area contributed by atoms with Gasteiger partial charge in [-0.15, -0.1) is 6.58 Å². The van der Waals surface area contributed by atoms with E-state index in [0.717, 1.165) is 10.0 Å². The molecule has 26 heavy (non-hydrogen) atoms. The molecule has 1 rings (SSSR count). The number of ether oxygens (including phenoxy) is 3. The maximum atomic E-state index is 12.8. The second-order valence-corrected chi connectivity index (χ2v) is 8.08. The first kappa shape index (κ1) is 21.8. The number of rotatable bonds is 2. The molecule has 0 bridgehead atoms. The fourth-order valence-corrected chi connectivity index (χ4v) is 2.53. The lowest BCUT2D eigenvalue weighted by Gasteiger charge is -2.45. The van der Waals surface area contributed by atoms with Crippen molar-refractivity contribution in [1.82, 2.24) is 10.0 Å². The van der Waals surface area contributed by atoms with Crippen LogP contribution in [-0.2, 0) is 19.0 Å². The van der Waals surface area contributed by atoms with Gasteiger partial charge in [0.2, 0.25) is 0 Å². The minimum Gasteiger partial charge on any atom is -0.467 e. The Hall–Kier alpha value is -2.25. The highest BCUT2D eigenvalue weighted by atomic mass is 16.6. The van der Waals surface area contributed by atoms with E-state index in [9.17, 15) is 14.4 Å². The first-order valence-corrected chi connectivity index (χ1v) is 8.53. The second-order valence-electron chi connectivity index (χ2n) is 8.08. The molecular formula is C18H30N2O6. The van der Waals surface area contributed by atoms with E-state index in [1.807, 2.05) is 0 Å². The van der Waals surface area contributed by atoms with Crippen LogP contribution < -0.4 is 0 Å². The number of hydrazine groups is 1. The highest BCUT2D eigenvalue weighted by Gasteiger charge is 2.47. The molecule has 2 unspecified atom stereocenters. The molecule has 2 amide bonds. The third-order valence-electron chi connectivity index (χ3n) is 3.53. The van der Waals surface area contributed by atoms with Crippen molar-refractivity contribution in [3.63, 3.8) is 0 Å². The average Bonchev–Trinajstić information content (AvgIpc) is 2.49. The van der Waals surface area contributed by atoms with E-state index in [1.165, 1.54) is 7.11 Å². The van der Waals surface area contributed by atoms with Crippen molar-refractivity contribution in [1.29, 1.82) is 0 Å². The highest BCUT2D eigenvalue weighted by Crippen LogP contribution is 2.29. The molecule has 1 fully saturated rings. The van der Waals surface area contributed by atoms with Crippen molar-refractivity contribution < 1.29 is 28.6 Å². The van der Waals surface area contributed by atoms with E-state index in [1.54, 1.807) is 47.6 Å².